The van der Waals surface area contributed by atoms with Gasteiger partial charge in [0, 0.05) is 40.8 Å². The Bertz CT molecular complexity index is 4070. The van der Waals surface area contributed by atoms with Crippen molar-refractivity contribution in [2.75, 3.05) is 21.4 Å². The number of rotatable bonds is 7. The van der Waals surface area contributed by atoms with Gasteiger partial charge in [-0.05, 0) is 103 Å². The number of fused-ring (bicyclic) bond motifs is 10. The predicted octanol–water partition coefficient (Wildman–Crippen LogP) is 13.9. The lowest BCUT2D eigenvalue weighted by atomic mass is 9.88. The Morgan fingerprint density at radius 3 is 1.69 bits per heavy atom. The number of anilines is 7. The van der Waals surface area contributed by atoms with Crippen LogP contribution in [0.4, 0.5) is 39.9 Å². The molecule has 1 spiro atoms. The summed E-state index contributed by atoms with van der Waals surface area (Å²) >= 11 is 0. The van der Waals surface area contributed by atoms with Gasteiger partial charge in [0.1, 0.15) is 24.0 Å². The lowest BCUT2D eigenvalue weighted by molar-refractivity contribution is 0.483. The van der Waals surface area contributed by atoms with E-state index in [0.29, 0.717) is 22.9 Å². The van der Waals surface area contributed by atoms with E-state index in [0.717, 1.165) is 34.1 Å². The number of aromatic nitrogens is 1. The van der Waals surface area contributed by atoms with E-state index in [4.69, 9.17) is 23.4 Å². The Hall–Kier alpha value is -8.45. The molecule has 5 nitrogen and oxygen atoms in total. The van der Waals surface area contributed by atoms with Crippen LogP contribution in [-0.2, 0) is 5.41 Å². The van der Waals surface area contributed by atoms with Gasteiger partial charge in [0.25, 0.3) is 0 Å². The number of benzene rings is 9. The summed E-state index contributed by atoms with van der Waals surface area (Å²) in [5.41, 5.74) is 8.28. The predicted molar refractivity (Wildman–Crippen MR) is 293 cm³/mol. The van der Waals surface area contributed by atoms with Crippen LogP contribution in [0.1, 0.15) is 40.0 Å². The fourth-order valence-corrected chi connectivity index (χ4v) is 16.4. The minimum Gasteiger partial charge on any atom is -0.457 e. The molecule has 70 heavy (non-hydrogen) atoms. The molecule has 0 saturated carbocycles. The van der Waals surface area contributed by atoms with Gasteiger partial charge in [-0.1, -0.05) is 190 Å². The fraction of sp³-hybridized carbons (Fsp3) is 0.0781. The molecule has 0 radical (unpaired) electrons. The molecule has 0 atom stereocenters. The fourth-order valence-electron chi connectivity index (χ4n) is 10.9. The van der Waals surface area contributed by atoms with Crippen LogP contribution in [0.5, 0.6) is 11.5 Å². The SMILES string of the molecule is [2H]c1c([2H])c([2H])c(-c2cccc(-c3c([2H])c([2H])c([2H])c([2H])c3[2H])c2N2CN(c3cccc(Oc4ccc5c(c4)N(c4cc(C(C)(C)C)ccn4)c4ccccc4[Si]54c5ccccc5-c5ccccc54)c3)c3ccccc32)c([2H])c1[2H]. The first-order valence-corrected chi connectivity index (χ1v) is 25.4. The zero-order valence-corrected chi connectivity index (χ0v) is 39.6. The van der Waals surface area contributed by atoms with Gasteiger partial charge in [0.05, 0.1) is 36.5 Å². The van der Waals surface area contributed by atoms with Crippen LogP contribution in [0.3, 0.4) is 0 Å². The van der Waals surface area contributed by atoms with Crippen LogP contribution >= 0.6 is 0 Å². The van der Waals surface area contributed by atoms with Crippen LogP contribution in [-0.4, -0.2) is 19.7 Å². The third-order valence-electron chi connectivity index (χ3n) is 13.9. The Labute approximate surface area is 425 Å². The number of ether oxygens (including phenoxy) is 1. The second-order valence-electron chi connectivity index (χ2n) is 18.8. The summed E-state index contributed by atoms with van der Waals surface area (Å²) in [5.74, 6) is 1.96. The smallest absolute Gasteiger partial charge is 0.185 e. The van der Waals surface area contributed by atoms with E-state index in [9.17, 15) is 0 Å². The topological polar surface area (TPSA) is 31.8 Å². The molecular formula is C64H50N4OSi. The molecule has 0 aliphatic carbocycles. The molecule has 9 aromatic carbocycles. The quantitative estimate of drug-likeness (QED) is 0.149. The highest BCUT2D eigenvalue weighted by Gasteiger charge is 2.54. The van der Waals surface area contributed by atoms with Crippen molar-refractivity contribution < 1.29 is 18.4 Å². The number of para-hydroxylation sites is 4. The molecule has 0 unspecified atom stereocenters. The van der Waals surface area contributed by atoms with Crippen molar-refractivity contribution >= 4 is 68.8 Å². The van der Waals surface area contributed by atoms with Gasteiger partial charge in [-0.2, -0.15) is 0 Å². The molecule has 0 N–H and O–H groups in total. The highest BCUT2D eigenvalue weighted by molar-refractivity contribution is 7.23. The normalized spacial score (nSPS) is 15.9. The van der Waals surface area contributed by atoms with Gasteiger partial charge in [0.15, 0.2) is 8.07 Å². The van der Waals surface area contributed by atoms with Crippen molar-refractivity contribution in [1.82, 2.24) is 4.98 Å². The molecular weight excluding hydrogens is 869 g/mol. The monoisotopic (exact) mass is 928 g/mol. The summed E-state index contributed by atoms with van der Waals surface area (Å²) < 4.78 is 94.9. The Morgan fingerprint density at radius 2 is 1.03 bits per heavy atom. The number of nitrogens with zero attached hydrogens (tertiary/aromatic N) is 4. The average molecular weight is 929 g/mol. The second-order valence-corrected chi connectivity index (χ2v) is 22.5. The molecule has 13 rings (SSSR count). The first-order chi connectivity index (χ1) is 38.5. The van der Waals surface area contributed by atoms with E-state index in [-0.39, 0.29) is 34.3 Å². The number of pyridine rings is 1. The van der Waals surface area contributed by atoms with Crippen molar-refractivity contribution in [3.63, 3.8) is 0 Å². The van der Waals surface area contributed by atoms with E-state index in [1.807, 2.05) is 59.6 Å². The Morgan fingerprint density at radius 1 is 0.486 bits per heavy atom. The van der Waals surface area contributed by atoms with Crippen LogP contribution in [0.2, 0.25) is 0 Å². The van der Waals surface area contributed by atoms with Gasteiger partial charge in [-0.15, -0.1) is 0 Å². The zero-order chi connectivity index (χ0) is 55.7. The molecule has 0 bridgehead atoms. The summed E-state index contributed by atoms with van der Waals surface area (Å²) in [6, 6.07) is 52.5. The van der Waals surface area contributed by atoms with Gasteiger partial charge in [-0.3, -0.25) is 4.90 Å². The summed E-state index contributed by atoms with van der Waals surface area (Å²) in [4.78, 5) is 11.4. The van der Waals surface area contributed by atoms with E-state index < -0.39 is 68.5 Å². The molecule has 10 aromatic rings. The summed E-state index contributed by atoms with van der Waals surface area (Å²) in [6.07, 6.45) is 1.90. The first-order valence-electron chi connectivity index (χ1n) is 28.4. The lowest BCUT2D eigenvalue weighted by Crippen LogP contribution is -2.75. The molecule has 1 aromatic heterocycles. The largest absolute Gasteiger partial charge is 0.457 e. The summed E-state index contributed by atoms with van der Waals surface area (Å²) in [6.45, 7) is 6.74. The van der Waals surface area contributed by atoms with Crippen molar-refractivity contribution in [3.05, 3.63) is 242 Å². The highest BCUT2D eigenvalue weighted by atomic mass is 28.3. The molecule has 3 aliphatic rings. The molecule has 0 saturated heterocycles. The van der Waals surface area contributed by atoms with Crippen molar-refractivity contribution in [1.29, 1.82) is 0 Å². The lowest BCUT2D eigenvalue weighted by Gasteiger charge is -2.43. The van der Waals surface area contributed by atoms with Crippen molar-refractivity contribution in [3.8, 4) is 44.9 Å². The van der Waals surface area contributed by atoms with Crippen LogP contribution < -0.4 is 40.2 Å². The van der Waals surface area contributed by atoms with E-state index in [1.165, 1.54) is 31.9 Å². The molecule has 336 valence electrons. The van der Waals surface area contributed by atoms with Gasteiger partial charge in [0.2, 0.25) is 0 Å². The van der Waals surface area contributed by atoms with Gasteiger partial charge >= 0.3 is 0 Å². The van der Waals surface area contributed by atoms with E-state index in [2.05, 4.69) is 134 Å². The summed E-state index contributed by atoms with van der Waals surface area (Å²) in [5, 5.41) is 5.18. The maximum atomic E-state index is 9.12. The van der Waals surface area contributed by atoms with Gasteiger partial charge < -0.3 is 14.5 Å². The average Bonchev–Trinajstić information content (AvgIpc) is 3.73. The molecule has 6 heteroatoms. The maximum Gasteiger partial charge on any atom is 0.185 e. The molecule has 0 fully saturated rings. The summed E-state index contributed by atoms with van der Waals surface area (Å²) in [7, 11) is -2.95. The van der Waals surface area contributed by atoms with Crippen LogP contribution in [0, 0.1) is 0 Å². The molecule has 4 heterocycles. The number of hydrogen-bond acceptors (Lipinski definition) is 5. The Balaban J connectivity index is 0.950. The van der Waals surface area contributed by atoms with Crippen molar-refractivity contribution in [2.24, 2.45) is 0 Å². The minimum atomic E-state index is -2.95. The first kappa shape index (κ1) is 32.3. The zero-order valence-electron chi connectivity index (χ0n) is 48.6. The number of hydrogen-bond donors (Lipinski definition) is 0. The third-order valence-corrected chi connectivity index (χ3v) is 18.9. The maximum absolute atomic E-state index is 9.12. The Kier molecular flexibility index (Phi) is 7.56. The minimum absolute atomic E-state index is 0.0914. The second kappa shape index (κ2) is 16.4. The van der Waals surface area contributed by atoms with E-state index in [1.54, 1.807) is 18.2 Å². The van der Waals surface area contributed by atoms with E-state index >= 15 is 0 Å². The van der Waals surface area contributed by atoms with Gasteiger partial charge in [-0.25, -0.2) is 4.98 Å². The molecule has 3 aliphatic heterocycles. The third kappa shape index (κ3) is 6.55. The van der Waals surface area contributed by atoms with Crippen LogP contribution in [0.15, 0.2) is 236 Å². The van der Waals surface area contributed by atoms with Crippen LogP contribution in [0.25, 0.3) is 33.4 Å². The van der Waals surface area contributed by atoms with Crippen molar-refractivity contribution in [2.45, 2.75) is 26.2 Å². The molecule has 0 amide bonds. The highest BCUT2D eigenvalue weighted by Crippen LogP contribution is 2.51. The standard InChI is InChI=1S/C64H50N4OSi/c1-64(2,3)46-38-39-65-62(40-46)68-56-32-14-17-35-60(56)70(58-33-15-10-26-52(58)53-27-11-16-34-59(53)70)61-37-36-49(42-57(61)68)69-48-25-18-24-47(41-48)66-43-67(55-31-13-12-30-54(55)66)63-50(44-20-6-4-7-21-44)28-19-29-51(63)45-22-8-5-9-23-45/h4-42H,43H2,1-3H3/i4D,5D,6D,7D,8D,9D,20D,21D,22D,23D.